The van der Waals surface area contributed by atoms with Gasteiger partial charge in [-0.15, -0.1) is 0 Å². The highest BCUT2D eigenvalue weighted by Gasteiger charge is 2.42. The highest BCUT2D eigenvalue weighted by atomic mass is 16.5. The third kappa shape index (κ3) is 4.95. The SMILES string of the molecule is CNC1CC(CO)NC(NC2CC3CCCOC3C(C3=CCNCCC3)C2)N1. The summed E-state index contributed by atoms with van der Waals surface area (Å²) in [6.45, 7) is 3.21. The van der Waals surface area contributed by atoms with E-state index in [1.165, 1.54) is 32.1 Å². The molecule has 0 amide bonds. The molecule has 0 spiro atoms. The Morgan fingerprint density at radius 1 is 1.21 bits per heavy atom. The molecule has 7 unspecified atom stereocenters. The Labute approximate surface area is 169 Å². The first-order valence-electron chi connectivity index (χ1n) is 11.3. The van der Waals surface area contributed by atoms with Crippen molar-refractivity contribution in [1.29, 1.82) is 0 Å². The van der Waals surface area contributed by atoms with Crippen molar-refractivity contribution in [2.75, 3.05) is 33.4 Å². The summed E-state index contributed by atoms with van der Waals surface area (Å²) in [6.07, 6.45) is 11.2. The van der Waals surface area contributed by atoms with E-state index < -0.39 is 0 Å². The molecule has 0 aromatic heterocycles. The van der Waals surface area contributed by atoms with Gasteiger partial charge in [-0.25, -0.2) is 0 Å². The summed E-state index contributed by atoms with van der Waals surface area (Å²) in [7, 11) is 1.97. The van der Waals surface area contributed by atoms with E-state index in [0.29, 0.717) is 24.0 Å². The van der Waals surface area contributed by atoms with Crippen molar-refractivity contribution >= 4 is 0 Å². The zero-order valence-electron chi connectivity index (χ0n) is 17.3. The lowest BCUT2D eigenvalue weighted by Gasteiger charge is -2.47. The molecule has 0 aromatic rings. The lowest BCUT2D eigenvalue weighted by atomic mass is 9.70. The number of aliphatic hydroxyl groups is 1. The topological polar surface area (TPSA) is 89.6 Å². The minimum Gasteiger partial charge on any atom is -0.395 e. The smallest absolute Gasteiger partial charge is 0.113 e. The van der Waals surface area contributed by atoms with Gasteiger partial charge >= 0.3 is 0 Å². The summed E-state index contributed by atoms with van der Waals surface area (Å²) in [4.78, 5) is 0. The fourth-order valence-corrected chi connectivity index (χ4v) is 5.69. The van der Waals surface area contributed by atoms with Gasteiger partial charge in [-0.3, -0.25) is 16.0 Å². The van der Waals surface area contributed by atoms with Crippen LogP contribution in [-0.2, 0) is 4.74 Å². The van der Waals surface area contributed by atoms with Gasteiger partial charge in [0.1, 0.15) is 6.29 Å². The molecule has 3 heterocycles. The second kappa shape index (κ2) is 9.98. The Kier molecular flexibility index (Phi) is 7.38. The lowest BCUT2D eigenvalue weighted by Crippen LogP contribution is -2.69. The van der Waals surface area contributed by atoms with Gasteiger partial charge < -0.3 is 20.5 Å². The molecule has 4 aliphatic rings. The molecule has 1 aliphatic carbocycles. The highest BCUT2D eigenvalue weighted by Crippen LogP contribution is 2.42. The molecule has 3 aliphatic heterocycles. The molecule has 7 heteroatoms. The first kappa shape index (κ1) is 20.7. The molecule has 160 valence electrons. The number of rotatable bonds is 5. The summed E-state index contributed by atoms with van der Waals surface area (Å²) in [6, 6.07) is 0.585. The van der Waals surface area contributed by atoms with Crippen molar-refractivity contribution in [2.45, 2.75) is 75.6 Å². The number of fused-ring (bicyclic) bond motifs is 1. The van der Waals surface area contributed by atoms with Crippen molar-refractivity contribution in [3.05, 3.63) is 11.6 Å². The van der Waals surface area contributed by atoms with E-state index in [0.717, 1.165) is 32.5 Å². The summed E-state index contributed by atoms with van der Waals surface area (Å²) in [5, 5.41) is 27.4. The van der Waals surface area contributed by atoms with Crippen LogP contribution in [0.15, 0.2) is 11.6 Å². The Hall–Kier alpha value is -0.540. The molecule has 4 rings (SSSR count). The zero-order chi connectivity index (χ0) is 19.3. The van der Waals surface area contributed by atoms with Gasteiger partial charge in [-0.05, 0) is 64.5 Å². The fourth-order valence-electron chi connectivity index (χ4n) is 5.69. The normalized spacial score (nSPS) is 42.4. The van der Waals surface area contributed by atoms with Gasteiger partial charge in [0.2, 0.25) is 0 Å². The Bertz CT molecular complexity index is 519. The fraction of sp³-hybridized carbons (Fsp3) is 0.905. The molecule has 1 saturated carbocycles. The first-order chi connectivity index (χ1) is 13.8. The van der Waals surface area contributed by atoms with Crippen LogP contribution >= 0.6 is 0 Å². The van der Waals surface area contributed by atoms with E-state index >= 15 is 0 Å². The molecule has 0 radical (unpaired) electrons. The van der Waals surface area contributed by atoms with Crippen LogP contribution in [0.25, 0.3) is 0 Å². The maximum absolute atomic E-state index is 9.65. The van der Waals surface area contributed by atoms with Crippen molar-refractivity contribution in [1.82, 2.24) is 26.6 Å². The maximum atomic E-state index is 9.65. The molecule has 2 saturated heterocycles. The maximum Gasteiger partial charge on any atom is 0.113 e. The standard InChI is InChI=1S/C21H39N5O2/c1-22-19-12-17(13-27)25-21(26-19)24-16-10-15-5-3-9-28-20(15)18(11-16)14-4-2-7-23-8-6-14/h6,15-27H,2-5,7-13H2,1H3. The monoisotopic (exact) mass is 393 g/mol. The minimum absolute atomic E-state index is 0.0276. The van der Waals surface area contributed by atoms with Gasteiger partial charge in [0.15, 0.2) is 0 Å². The molecular formula is C21H39N5O2. The van der Waals surface area contributed by atoms with Crippen LogP contribution in [0.5, 0.6) is 0 Å². The van der Waals surface area contributed by atoms with Gasteiger partial charge in [0, 0.05) is 31.2 Å². The van der Waals surface area contributed by atoms with Crippen LogP contribution in [0.4, 0.5) is 0 Å². The minimum atomic E-state index is 0.0276. The number of nitrogens with one attached hydrogen (secondary N) is 5. The van der Waals surface area contributed by atoms with E-state index in [4.69, 9.17) is 4.74 Å². The predicted molar refractivity (Wildman–Crippen MR) is 111 cm³/mol. The molecular weight excluding hydrogens is 354 g/mol. The van der Waals surface area contributed by atoms with Crippen LogP contribution < -0.4 is 26.6 Å². The zero-order valence-corrected chi connectivity index (χ0v) is 17.3. The van der Waals surface area contributed by atoms with Crippen molar-refractivity contribution in [3.63, 3.8) is 0 Å². The first-order valence-corrected chi connectivity index (χ1v) is 11.3. The Morgan fingerprint density at radius 2 is 2.14 bits per heavy atom. The summed E-state index contributed by atoms with van der Waals surface area (Å²) in [5.74, 6) is 1.19. The van der Waals surface area contributed by atoms with Crippen LogP contribution in [-0.4, -0.2) is 69.1 Å². The molecule has 28 heavy (non-hydrogen) atoms. The van der Waals surface area contributed by atoms with E-state index in [2.05, 4.69) is 32.7 Å². The molecule has 7 atom stereocenters. The second-order valence-electron chi connectivity index (χ2n) is 8.99. The highest BCUT2D eigenvalue weighted by molar-refractivity contribution is 5.15. The summed E-state index contributed by atoms with van der Waals surface area (Å²) in [5.41, 5.74) is 1.61. The van der Waals surface area contributed by atoms with Crippen molar-refractivity contribution in [2.24, 2.45) is 11.8 Å². The van der Waals surface area contributed by atoms with Gasteiger partial charge in [0.05, 0.1) is 18.9 Å². The largest absolute Gasteiger partial charge is 0.395 e. The predicted octanol–water partition coefficient (Wildman–Crippen LogP) is 0.233. The van der Waals surface area contributed by atoms with Crippen LogP contribution in [0.2, 0.25) is 0 Å². The average molecular weight is 394 g/mol. The van der Waals surface area contributed by atoms with Crippen molar-refractivity contribution in [3.8, 4) is 0 Å². The van der Waals surface area contributed by atoms with E-state index in [1.54, 1.807) is 5.57 Å². The van der Waals surface area contributed by atoms with E-state index in [9.17, 15) is 5.11 Å². The summed E-state index contributed by atoms with van der Waals surface area (Å²) >= 11 is 0. The quantitative estimate of drug-likeness (QED) is 0.373. The molecule has 3 fully saturated rings. The Morgan fingerprint density at radius 3 is 3.00 bits per heavy atom. The van der Waals surface area contributed by atoms with E-state index in [-0.39, 0.29) is 25.1 Å². The number of aliphatic hydroxyl groups excluding tert-OH is 1. The second-order valence-corrected chi connectivity index (χ2v) is 8.99. The van der Waals surface area contributed by atoms with Gasteiger partial charge in [-0.2, -0.15) is 0 Å². The van der Waals surface area contributed by atoms with Gasteiger partial charge in [0.25, 0.3) is 0 Å². The number of hydrogen-bond donors (Lipinski definition) is 6. The molecule has 7 nitrogen and oxygen atoms in total. The molecule has 6 N–H and O–H groups in total. The Balaban J connectivity index is 1.44. The van der Waals surface area contributed by atoms with Gasteiger partial charge in [-0.1, -0.05) is 11.6 Å². The lowest BCUT2D eigenvalue weighted by molar-refractivity contribution is -0.0799. The van der Waals surface area contributed by atoms with E-state index in [1.807, 2.05) is 7.05 Å². The average Bonchev–Trinajstić information content (AvgIpc) is 3.02. The third-order valence-electron chi connectivity index (χ3n) is 7.08. The number of hydrogen-bond acceptors (Lipinski definition) is 7. The summed E-state index contributed by atoms with van der Waals surface area (Å²) < 4.78 is 6.33. The van der Waals surface area contributed by atoms with Crippen molar-refractivity contribution < 1.29 is 9.84 Å². The van der Waals surface area contributed by atoms with Crippen LogP contribution in [0, 0.1) is 11.8 Å². The molecule has 0 bridgehead atoms. The number of ether oxygens (including phenoxy) is 1. The van der Waals surface area contributed by atoms with Crippen LogP contribution in [0.1, 0.15) is 44.9 Å². The van der Waals surface area contributed by atoms with Crippen LogP contribution in [0.3, 0.4) is 0 Å². The molecule has 0 aromatic carbocycles. The third-order valence-corrected chi connectivity index (χ3v) is 7.08.